The monoisotopic (exact) mass is 318 g/mol. The van der Waals surface area contributed by atoms with Gasteiger partial charge in [-0.05, 0) is 46.1 Å². The third-order valence-corrected chi connectivity index (χ3v) is 5.47. The minimum atomic E-state index is -0.396. The largest absolute Gasteiger partial charge is 0.341 e. The second-order valence-corrected chi connectivity index (χ2v) is 7.43. The number of carbonyl (C=O) groups excluding carboxylic acids is 1. The van der Waals surface area contributed by atoms with Crippen LogP contribution in [0.4, 0.5) is 0 Å². The highest BCUT2D eigenvalue weighted by Gasteiger charge is 2.42. The summed E-state index contributed by atoms with van der Waals surface area (Å²) < 4.78 is 0. The Hall–Kier alpha value is -1.69. The van der Waals surface area contributed by atoms with Crippen LogP contribution in [0, 0.1) is 6.92 Å². The molecule has 1 atom stereocenters. The maximum absolute atomic E-state index is 12.8. The number of H-pyrrole nitrogens is 1. The summed E-state index contributed by atoms with van der Waals surface area (Å²) in [4.78, 5) is 33.7. The molecule has 23 heavy (non-hydrogen) atoms. The number of aryl methyl sites for hydroxylation is 1. The Balaban J connectivity index is 1.72. The molecule has 2 fully saturated rings. The summed E-state index contributed by atoms with van der Waals surface area (Å²) in [5.74, 6) is 0.863. The molecule has 0 radical (unpaired) electrons. The van der Waals surface area contributed by atoms with Crippen LogP contribution in [0.1, 0.15) is 51.0 Å². The van der Waals surface area contributed by atoms with E-state index in [9.17, 15) is 9.59 Å². The number of hydrogen-bond acceptors (Lipinski definition) is 4. The van der Waals surface area contributed by atoms with Crippen molar-refractivity contribution in [1.82, 2.24) is 20.2 Å². The first-order valence-electron chi connectivity index (χ1n) is 8.45. The lowest BCUT2D eigenvalue weighted by Crippen LogP contribution is -2.56. The van der Waals surface area contributed by atoms with Gasteiger partial charge in [0.1, 0.15) is 5.82 Å². The molecule has 0 bridgehead atoms. The fourth-order valence-electron chi connectivity index (χ4n) is 3.77. The van der Waals surface area contributed by atoms with Crippen LogP contribution < -0.4 is 10.9 Å². The normalized spacial score (nSPS) is 27.2. The fourth-order valence-corrected chi connectivity index (χ4v) is 3.77. The Bertz CT molecular complexity index is 653. The topological polar surface area (TPSA) is 78.1 Å². The summed E-state index contributed by atoms with van der Waals surface area (Å²) in [6.45, 7) is 8.33. The molecule has 0 aliphatic carbocycles. The third kappa shape index (κ3) is 3.04. The Morgan fingerprint density at radius 1 is 1.26 bits per heavy atom. The van der Waals surface area contributed by atoms with E-state index in [1.165, 1.54) is 0 Å². The van der Waals surface area contributed by atoms with Crippen LogP contribution >= 0.6 is 0 Å². The molecule has 1 unspecified atom stereocenters. The van der Waals surface area contributed by atoms with Crippen LogP contribution in [-0.2, 0) is 10.2 Å². The molecule has 0 saturated carbocycles. The van der Waals surface area contributed by atoms with Crippen molar-refractivity contribution in [3.63, 3.8) is 0 Å². The lowest BCUT2D eigenvalue weighted by molar-refractivity contribution is -0.138. The first-order valence-corrected chi connectivity index (χ1v) is 8.45. The van der Waals surface area contributed by atoms with Crippen molar-refractivity contribution in [3.05, 3.63) is 27.9 Å². The first kappa shape index (κ1) is 16.2. The highest BCUT2D eigenvalue weighted by Crippen LogP contribution is 2.34. The summed E-state index contributed by atoms with van der Waals surface area (Å²) in [5, 5.41) is 3.35. The zero-order valence-corrected chi connectivity index (χ0v) is 14.2. The molecule has 3 heterocycles. The Kier molecular flexibility index (Phi) is 4.04. The average Bonchev–Trinajstić information content (AvgIpc) is 2.94. The van der Waals surface area contributed by atoms with E-state index in [1.54, 1.807) is 13.0 Å². The van der Waals surface area contributed by atoms with Gasteiger partial charge in [-0.3, -0.25) is 9.59 Å². The number of hydrogen-bond donors (Lipinski definition) is 2. The van der Waals surface area contributed by atoms with Crippen LogP contribution in [0.2, 0.25) is 0 Å². The summed E-state index contributed by atoms with van der Waals surface area (Å²) >= 11 is 0. The van der Waals surface area contributed by atoms with Gasteiger partial charge in [-0.2, -0.15) is 0 Å². The molecule has 0 aromatic carbocycles. The van der Waals surface area contributed by atoms with Crippen LogP contribution in [0.5, 0.6) is 0 Å². The Labute approximate surface area is 136 Å². The summed E-state index contributed by atoms with van der Waals surface area (Å²) in [5.41, 5.74) is 0.206. The summed E-state index contributed by atoms with van der Waals surface area (Å²) in [6.07, 6.45) is 3.65. The van der Waals surface area contributed by atoms with E-state index in [2.05, 4.69) is 22.2 Å². The maximum atomic E-state index is 12.8. The molecule has 3 rings (SSSR count). The van der Waals surface area contributed by atoms with Gasteiger partial charge in [0.25, 0.3) is 5.56 Å². The number of nitrogens with one attached hydrogen (secondary N) is 2. The van der Waals surface area contributed by atoms with E-state index in [0.29, 0.717) is 5.82 Å². The van der Waals surface area contributed by atoms with Crippen molar-refractivity contribution < 1.29 is 4.79 Å². The van der Waals surface area contributed by atoms with E-state index in [-0.39, 0.29) is 16.9 Å². The average molecular weight is 318 g/mol. The second kappa shape index (κ2) is 5.74. The number of piperidine rings is 1. The highest BCUT2D eigenvalue weighted by molar-refractivity contribution is 5.86. The van der Waals surface area contributed by atoms with Crippen molar-refractivity contribution in [2.75, 3.05) is 19.6 Å². The molecule has 1 amide bonds. The number of aromatic amines is 1. The predicted molar refractivity (Wildman–Crippen MR) is 88.4 cm³/mol. The molecule has 2 saturated heterocycles. The van der Waals surface area contributed by atoms with Gasteiger partial charge < -0.3 is 15.2 Å². The molecule has 126 valence electrons. The SMILES string of the molecule is Cc1nc(C2(C)CCN(C(=O)C3(C)CCCN3)CC2)cc(=O)[nH]1. The third-order valence-electron chi connectivity index (χ3n) is 5.47. The summed E-state index contributed by atoms with van der Waals surface area (Å²) in [7, 11) is 0. The van der Waals surface area contributed by atoms with Crippen LogP contribution in [0.3, 0.4) is 0 Å². The predicted octanol–water partition coefficient (Wildman–Crippen LogP) is 1.10. The molecule has 2 aliphatic rings. The van der Waals surface area contributed by atoms with Gasteiger partial charge in [0.05, 0.1) is 11.2 Å². The van der Waals surface area contributed by atoms with Crippen molar-refractivity contribution in [1.29, 1.82) is 0 Å². The zero-order chi connectivity index (χ0) is 16.7. The van der Waals surface area contributed by atoms with Gasteiger partial charge in [-0.25, -0.2) is 4.98 Å². The molecule has 0 spiro atoms. The lowest BCUT2D eigenvalue weighted by atomic mass is 9.77. The number of amides is 1. The van der Waals surface area contributed by atoms with Crippen LogP contribution in [0.15, 0.2) is 10.9 Å². The molecular formula is C17H26N4O2. The smallest absolute Gasteiger partial charge is 0.251 e. The quantitative estimate of drug-likeness (QED) is 0.856. The van der Waals surface area contributed by atoms with Crippen molar-refractivity contribution >= 4 is 5.91 Å². The molecule has 6 heteroatoms. The number of nitrogens with zero attached hydrogens (tertiary/aromatic N) is 2. The van der Waals surface area contributed by atoms with Gasteiger partial charge in [-0.1, -0.05) is 6.92 Å². The van der Waals surface area contributed by atoms with Crippen molar-refractivity contribution in [2.24, 2.45) is 0 Å². The van der Waals surface area contributed by atoms with Gasteiger partial charge in [0.15, 0.2) is 0 Å². The standard InChI is InChI=1S/C17H26N4O2/c1-12-19-13(11-14(22)20-12)16(2)6-9-21(10-7-16)15(23)17(3)5-4-8-18-17/h11,18H,4-10H2,1-3H3,(H,19,20,22). The number of carbonyl (C=O) groups is 1. The van der Waals surface area contributed by atoms with Gasteiger partial charge in [-0.15, -0.1) is 0 Å². The number of aromatic nitrogens is 2. The van der Waals surface area contributed by atoms with Gasteiger partial charge >= 0.3 is 0 Å². The van der Waals surface area contributed by atoms with Gasteiger partial charge in [0.2, 0.25) is 5.91 Å². The molecule has 1 aromatic rings. The molecule has 1 aromatic heterocycles. The minimum absolute atomic E-state index is 0.102. The molecular weight excluding hydrogens is 292 g/mol. The van der Waals surface area contributed by atoms with E-state index >= 15 is 0 Å². The lowest BCUT2D eigenvalue weighted by Gasteiger charge is -2.41. The zero-order valence-electron chi connectivity index (χ0n) is 14.2. The van der Waals surface area contributed by atoms with E-state index in [4.69, 9.17) is 0 Å². The van der Waals surface area contributed by atoms with E-state index in [0.717, 1.165) is 51.0 Å². The summed E-state index contributed by atoms with van der Waals surface area (Å²) in [6, 6.07) is 1.60. The number of rotatable bonds is 2. The van der Waals surface area contributed by atoms with Crippen molar-refractivity contribution in [2.45, 2.75) is 57.4 Å². The Morgan fingerprint density at radius 2 is 1.96 bits per heavy atom. The molecule has 6 nitrogen and oxygen atoms in total. The fraction of sp³-hybridized carbons (Fsp3) is 0.706. The second-order valence-electron chi connectivity index (χ2n) is 7.43. The molecule has 2 aliphatic heterocycles. The number of likely N-dealkylation sites (tertiary alicyclic amines) is 1. The van der Waals surface area contributed by atoms with Crippen LogP contribution in [0.25, 0.3) is 0 Å². The van der Waals surface area contributed by atoms with Crippen LogP contribution in [-0.4, -0.2) is 45.9 Å². The Morgan fingerprint density at radius 3 is 2.52 bits per heavy atom. The highest BCUT2D eigenvalue weighted by atomic mass is 16.2. The minimum Gasteiger partial charge on any atom is -0.341 e. The van der Waals surface area contributed by atoms with E-state index < -0.39 is 5.54 Å². The van der Waals surface area contributed by atoms with Crippen molar-refractivity contribution in [3.8, 4) is 0 Å². The molecule has 2 N–H and O–H groups in total. The maximum Gasteiger partial charge on any atom is 0.251 e. The van der Waals surface area contributed by atoms with E-state index in [1.807, 2.05) is 11.8 Å². The first-order chi connectivity index (χ1) is 10.8. The van der Waals surface area contributed by atoms with Gasteiger partial charge in [0, 0.05) is 24.6 Å².